The first kappa shape index (κ1) is 17.5. The highest BCUT2D eigenvalue weighted by atomic mass is 16.6. The summed E-state index contributed by atoms with van der Waals surface area (Å²) >= 11 is 0. The third-order valence-corrected chi connectivity index (χ3v) is 5.40. The van der Waals surface area contributed by atoms with Crippen LogP contribution in [0, 0.1) is 0 Å². The first-order valence-corrected chi connectivity index (χ1v) is 9.76. The molecule has 1 saturated carbocycles. The van der Waals surface area contributed by atoms with Crippen molar-refractivity contribution in [2.45, 2.75) is 30.9 Å². The van der Waals surface area contributed by atoms with Crippen LogP contribution in [0.2, 0.25) is 0 Å². The van der Waals surface area contributed by atoms with Crippen LogP contribution in [0.15, 0.2) is 36.7 Å². The fraction of sp³-hybridized carbons (Fsp3) is 0.429. The van der Waals surface area contributed by atoms with E-state index in [1.165, 1.54) is 18.5 Å². The van der Waals surface area contributed by atoms with Crippen LogP contribution in [-0.2, 0) is 9.47 Å². The van der Waals surface area contributed by atoms with Crippen LogP contribution in [0.1, 0.15) is 36.1 Å². The molecule has 3 aromatic rings. The van der Waals surface area contributed by atoms with E-state index in [4.69, 9.17) is 14.2 Å². The van der Waals surface area contributed by atoms with Crippen molar-refractivity contribution in [2.75, 3.05) is 32.2 Å². The molecule has 7 nitrogen and oxygen atoms in total. The highest BCUT2D eigenvalue weighted by Crippen LogP contribution is 2.42. The lowest BCUT2D eigenvalue weighted by Gasteiger charge is -2.34. The van der Waals surface area contributed by atoms with Gasteiger partial charge >= 0.3 is 0 Å². The Labute approximate surface area is 163 Å². The highest BCUT2D eigenvalue weighted by Gasteiger charge is 2.33. The van der Waals surface area contributed by atoms with Crippen molar-refractivity contribution in [3.63, 3.8) is 0 Å². The van der Waals surface area contributed by atoms with Crippen LogP contribution in [0.5, 0.6) is 5.75 Å². The summed E-state index contributed by atoms with van der Waals surface area (Å²) in [6, 6.07) is 10.2. The predicted octanol–water partition coefficient (Wildman–Crippen LogP) is 3.41. The van der Waals surface area contributed by atoms with E-state index in [-0.39, 0.29) is 12.1 Å². The Morgan fingerprint density at radius 2 is 2.11 bits per heavy atom. The molecule has 0 amide bonds. The van der Waals surface area contributed by atoms with E-state index in [0.717, 1.165) is 28.2 Å². The number of ether oxygens (including phenoxy) is 3. The molecule has 0 radical (unpaired) electrons. The van der Waals surface area contributed by atoms with Crippen molar-refractivity contribution in [1.82, 2.24) is 15.0 Å². The maximum Gasteiger partial charge on any atom is 0.143 e. The number of H-pyrrole nitrogens is 1. The monoisotopic (exact) mass is 380 g/mol. The van der Waals surface area contributed by atoms with Crippen LogP contribution < -0.4 is 10.1 Å². The molecule has 146 valence electrons. The zero-order valence-electron chi connectivity index (χ0n) is 15.9. The number of methoxy groups -OCH3 is 1. The molecule has 2 aromatic heterocycles. The number of aromatic amines is 1. The number of nitrogens with zero attached hydrogens (tertiary/aromatic N) is 2. The fourth-order valence-corrected chi connectivity index (χ4v) is 3.77. The lowest BCUT2D eigenvalue weighted by Crippen LogP contribution is -2.38. The second-order valence-corrected chi connectivity index (χ2v) is 7.36. The third-order valence-electron chi connectivity index (χ3n) is 5.40. The third kappa shape index (κ3) is 3.31. The highest BCUT2D eigenvalue weighted by molar-refractivity contribution is 5.88. The molecule has 0 saturated heterocycles. The summed E-state index contributed by atoms with van der Waals surface area (Å²) < 4.78 is 17.1. The molecule has 1 fully saturated rings. The number of hydrogen-bond acceptors (Lipinski definition) is 6. The van der Waals surface area contributed by atoms with Gasteiger partial charge in [0.25, 0.3) is 0 Å². The standard InChI is InChI=1S/C21H24N4O3/c1-26-8-9-27-18-11-28-17-5-3-2-4-14(17)19(18)25-21-15-10-16(13-6-7-13)24-20(15)22-12-23-21/h2-5,10,12-13,18-19H,6-9,11H2,1H3,(H2,22,23,24,25). The van der Waals surface area contributed by atoms with E-state index >= 15 is 0 Å². The maximum absolute atomic E-state index is 6.07. The Morgan fingerprint density at radius 3 is 2.96 bits per heavy atom. The Kier molecular flexibility index (Phi) is 4.62. The topological polar surface area (TPSA) is 81.3 Å². The number of hydrogen-bond donors (Lipinski definition) is 2. The molecule has 1 aromatic carbocycles. The van der Waals surface area contributed by atoms with Gasteiger partial charge in [-0.2, -0.15) is 0 Å². The summed E-state index contributed by atoms with van der Waals surface area (Å²) in [6.45, 7) is 1.54. The van der Waals surface area contributed by atoms with Gasteiger partial charge in [0, 0.05) is 18.4 Å². The Bertz CT molecular complexity index is 969. The first-order chi connectivity index (χ1) is 13.8. The molecule has 2 N–H and O–H groups in total. The molecule has 3 heterocycles. The smallest absolute Gasteiger partial charge is 0.143 e. The Morgan fingerprint density at radius 1 is 1.21 bits per heavy atom. The van der Waals surface area contributed by atoms with Gasteiger partial charge in [-0.15, -0.1) is 0 Å². The summed E-state index contributed by atoms with van der Waals surface area (Å²) in [4.78, 5) is 12.4. The van der Waals surface area contributed by atoms with Crippen molar-refractivity contribution >= 4 is 16.9 Å². The molecule has 28 heavy (non-hydrogen) atoms. The first-order valence-electron chi connectivity index (χ1n) is 9.76. The number of benzene rings is 1. The van der Waals surface area contributed by atoms with E-state index in [0.29, 0.717) is 25.7 Å². The number of para-hydroxylation sites is 1. The van der Waals surface area contributed by atoms with Crippen LogP contribution >= 0.6 is 0 Å². The Balaban J connectivity index is 1.47. The summed E-state index contributed by atoms with van der Waals surface area (Å²) in [5.74, 6) is 2.33. The van der Waals surface area contributed by atoms with Gasteiger partial charge in [-0.3, -0.25) is 0 Å². The second-order valence-electron chi connectivity index (χ2n) is 7.36. The minimum Gasteiger partial charge on any atom is -0.490 e. The van der Waals surface area contributed by atoms with E-state index in [2.05, 4.69) is 32.4 Å². The zero-order valence-corrected chi connectivity index (χ0v) is 15.9. The fourth-order valence-electron chi connectivity index (χ4n) is 3.77. The van der Waals surface area contributed by atoms with Crippen molar-refractivity contribution < 1.29 is 14.2 Å². The summed E-state index contributed by atoms with van der Waals surface area (Å²) in [6.07, 6.45) is 3.94. The molecule has 1 aliphatic carbocycles. The van der Waals surface area contributed by atoms with Gasteiger partial charge in [0.2, 0.25) is 0 Å². The number of aromatic nitrogens is 3. The van der Waals surface area contributed by atoms with Gasteiger partial charge in [0.15, 0.2) is 0 Å². The van der Waals surface area contributed by atoms with Gasteiger partial charge in [0.1, 0.15) is 36.3 Å². The quantitative estimate of drug-likeness (QED) is 0.612. The van der Waals surface area contributed by atoms with Gasteiger partial charge < -0.3 is 24.5 Å². The number of anilines is 1. The molecular formula is C21H24N4O3. The van der Waals surface area contributed by atoms with Gasteiger partial charge in [0.05, 0.1) is 24.6 Å². The number of nitrogens with one attached hydrogen (secondary N) is 2. The zero-order chi connectivity index (χ0) is 18.9. The van der Waals surface area contributed by atoms with Crippen molar-refractivity contribution in [3.05, 3.63) is 47.9 Å². The summed E-state index contributed by atoms with van der Waals surface area (Å²) in [7, 11) is 1.67. The maximum atomic E-state index is 6.07. The number of rotatable bonds is 7. The molecule has 0 spiro atoms. The van der Waals surface area contributed by atoms with Crippen LogP contribution in [0.4, 0.5) is 5.82 Å². The van der Waals surface area contributed by atoms with Crippen molar-refractivity contribution in [3.8, 4) is 5.75 Å². The SMILES string of the molecule is COCCOC1COc2ccccc2C1Nc1ncnc2[nH]c(C3CC3)cc12. The lowest BCUT2D eigenvalue weighted by molar-refractivity contribution is -0.0230. The molecule has 7 heteroatoms. The predicted molar refractivity (Wildman–Crippen MR) is 106 cm³/mol. The Hall–Kier alpha value is -2.64. The molecular weight excluding hydrogens is 356 g/mol. The van der Waals surface area contributed by atoms with E-state index in [1.54, 1.807) is 13.4 Å². The van der Waals surface area contributed by atoms with Crippen LogP contribution in [0.3, 0.4) is 0 Å². The average Bonchev–Trinajstić information content (AvgIpc) is 3.48. The van der Waals surface area contributed by atoms with Gasteiger partial charge in [-0.1, -0.05) is 18.2 Å². The van der Waals surface area contributed by atoms with Crippen LogP contribution in [0.25, 0.3) is 11.0 Å². The summed E-state index contributed by atoms with van der Waals surface area (Å²) in [5.41, 5.74) is 3.19. The van der Waals surface area contributed by atoms with Gasteiger partial charge in [-0.25, -0.2) is 9.97 Å². The van der Waals surface area contributed by atoms with E-state index < -0.39 is 0 Å². The van der Waals surface area contributed by atoms with Crippen molar-refractivity contribution in [1.29, 1.82) is 0 Å². The lowest BCUT2D eigenvalue weighted by atomic mass is 9.98. The molecule has 5 rings (SSSR count). The molecule has 2 atom stereocenters. The van der Waals surface area contributed by atoms with E-state index in [9.17, 15) is 0 Å². The molecule has 1 aliphatic heterocycles. The number of fused-ring (bicyclic) bond motifs is 2. The van der Waals surface area contributed by atoms with Gasteiger partial charge in [-0.05, 0) is 30.9 Å². The van der Waals surface area contributed by atoms with Crippen molar-refractivity contribution in [2.24, 2.45) is 0 Å². The average molecular weight is 380 g/mol. The minimum absolute atomic E-state index is 0.0702. The molecule has 2 aliphatic rings. The van der Waals surface area contributed by atoms with Crippen LogP contribution in [-0.4, -0.2) is 48.0 Å². The summed E-state index contributed by atoms with van der Waals surface area (Å²) in [5, 5.41) is 4.63. The van der Waals surface area contributed by atoms with E-state index in [1.807, 2.05) is 18.2 Å². The molecule has 2 unspecified atom stereocenters. The second kappa shape index (κ2) is 7.41. The normalized spacial score (nSPS) is 21.3. The minimum atomic E-state index is -0.142. The molecule has 0 bridgehead atoms. The largest absolute Gasteiger partial charge is 0.490 e.